The van der Waals surface area contributed by atoms with Crippen LogP contribution >= 0.6 is 0 Å². The first-order valence-corrected chi connectivity index (χ1v) is 10.1. The number of benzene rings is 2. The number of carbonyl (C=O) groups is 2. The van der Waals surface area contributed by atoms with Crippen molar-refractivity contribution in [1.29, 1.82) is 0 Å². The lowest BCUT2D eigenvalue weighted by Gasteiger charge is -2.22. The number of hydrogen-bond donors (Lipinski definition) is 1. The van der Waals surface area contributed by atoms with E-state index in [-0.39, 0.29) is 24.2 Å². The Morgan fingerprint density at radius 1 is 1.20 bits per heavy atom. The minimum Gasteiger partial charge on any atom is -0.399 e. The quantitative estimate of drug-likeness (QED) is 0.681. The van der Waals surface area contributed by atoms with E-state index in [1.165, 1.54) is 11.1 Å². The Morgan fingerprint density at radius 2 is 2.10 bits per heavy atom. The maximum Gasteiger partial charge on any atom is 0.232 e. The Labute approximate surface area is 174 Å². The summed E-state index contributed by atoms with van der Waals surface area (Å²) in [6, 6.07) is 13.5. The lowest BCUT2D eigenvalue weighted by atomic mass is 10.1. The zero-order valence-electron chi connectivity index (χ0n) is 16.6. The molecule has 0 bridgehead atoms. The van der Waals surface area contributed by atoms with E-state index in [1.807, 2.05) is 33.9 Å². The van der Waals surface area contributed by atoms with Crippen molar-refractivity contribution in [2.24, 2.45) is 5.92 Å². The number of nitrogens with zero attached hydrogens (tertiary/aromatic N) is 4. The summed E-state index contributed by atoms with van der Waals surface area (Å²) >= 11 is 0. The molecule has 3 aromatic rings. The van der Waals surface area contributed by atoms with Gasteiger partial charge in [0.15, 0.2) is 0 Å². The topological polar surface area (TPSA) is 84.5 Å². The molecule has 7 nitrogen and oxygen atoms in total. The van der Waals surface area contributed by atoms with E-state index in [2.05, 4.69) is 17.1 Å². The molecule has 3 heterocycles. The molecule has 0 aliphatic carbocycles. The first kappa shape index (κ1) is 18.4. The number of carbonyl (C=O) groups excluding carboxylic acids is 2. The summed E-state index contributed by atoms with van der Waals surface area (Å²) in [7, 11) is 0. The minimum atomic E-state index is -0.337. The fourth-order valence-electron chi connectivity index (χ4n) is 4.41. The van der Waals surface area contributed by atoms with E-state index < -0.39 is 0 Å². The number of amides is 2. The molecule has 2 N–H and O–H groups in total. The molecule has 1 fully saturated rings. The van der Waals surface area contributed by atoms with Crippen LogP contribution in [0.5, 0.6) is 0 Å². The van der Waals surface area contributed by atoms with Crippen molar-refractivity contribution in [3.63, 3.8) is 0 Å². The maximum absolute atomic E-state index is 13.3. The molecule has 1 atom stereocenters. The van der Waals surface area contributed by atoms with E-state index in [4.69, 9.17) is 5.73 Å². The van der Waals surface area contributed by atoms with Crippen LogP contribution < -0.4 is 15.5 Å². The summed E-state index contributed by atoms with van der Waals surface area (Å²) in [6.07, 6.45) is 6.57. The van der Waals surface area contributed by atoms with Crippen molar-refractivity contribution in [3.05, 3.63) is 72.3 Å². The smallest absolute Gasteiger partial charge is 0.232 e. The van der Waals surface area contributed by atoms with Crippen LogP contribution in [0.4, 0.5) is 17.1 Å². The Balaban J connectivity index is 1.31. The standard InChI is InChI=1S/C23H23N5O2/c24-19-2-1-3-20(12-19)28-14-18(11-22(28)29)23(30)27-8-6-17-10-16(4-5-21(17)27)13-26-9-7-25-15-26/h1-5,7,9-10,12,15,18H,6,8,11,13-14,24H2/t18-/m0/s1. The lowest BCUT2D eigenvalue weighted by molar-refractivity contribution is -0.124. The summed E-state index contributed by atoms with van der Waals surface area (Å²) in [4.78, 5) is 33.4. The SMILES string of the molecule is Nc1cccc(N2C[C@@H](C(=O)N3CCc4cc(Cn5ccnc5)ccc43)CC2=O)c1. The highest BCUT2D eigenvalue weighted by molar-refractivity contribution is 6.05. The van der Waals surface area contributed by atoms with Gasteiger partial charge in [-0.15, -0.1) is 0 Å². The fraction of sp³-hybridized carbons (Fsp3) is 0.261. The minimum absolute atomic E-state index is 0.0239. The van der Waals surface area contributed by atoms with E-state index in [0.717, 1.165) is 24.3 Å². The molecule has 2 aliphatic rings. The number of nitrogens with two attached hydrogens (primary N) is 1. The lowest BCUT2D eigenvalue weighted by Crippen LogP contribution is -2.36. The van der Waals surface area contributed by atoms with Crippen LogP contribution in [0.2, 0.25) is 0 Å². The molecule has 2 aliphatic heterocycles. The van der Waals surface area contributed by atoms with Gasteiger partial charge >= 0.3 is 0 Å². The second kappa shape index (κ2) is 7.33. The van der Waals surface area contributed by atoms with Crippen molar-refractivity contribution in [2.75, 3.05) is 28.6 Å². The molecule has 2 amide bonds. The Hall–Kier alpha value is -3.61. The fourth-order valence-corrected chi connectivity index (χ4v) is 4.41. The largest absolute Gasteiger partial charge is 0.399 e. The average molecular weight is 401 g/mol. The van der Waals surface area contributed by atoms with Gasteiger partial charge in [0.25, 0.3) is 0 Å². The highest BCUT2D eigenvalue weighted by Gasteiger charge is 2.39. The number of anilines is 3. The summed E-state index contributed by atoms with van der Waals surface area (Å²) in [5.74, 6) is -0.347. The van der Waals surface area contributed by atoms with Gasteiger partial charge in [-0.3, -0.25) is 9.59 Å². The molecule has 5 rings (SSSR count). The molecule has 1 saturated heterocycles. The average Bonchev–Trinajstić information content (AvgIpc) is 3.47. The number of hydrogen-bond acceptors (Lipinski definition) is 4. The van der Waals surface area contributed by atoms with Crippen LogP contribution in [0.15, 0.2) is 61.2 Å². The number of rotatable bonds is 4. The van der Waals surface area contributed by atoms with Gasteiger partial charge in [0.2, 0.25) is 11.8 Å². The van der Waals surface area contributed by atoms with E-state index in [0.29, 0.717) is 18.8 Å². The van der Waals surface area contributed by atoms with Gasteiger partial charge in [-0.1, -0.05) is 18.2 Å². The van der Waals surface area contributed by atoms with Crippen LogP contribution in [-0.2, 0) is 22.6 Å². The summed E-state index contributed by atoms with van der Waals surface area (Å²) < 4.78 is 2.02. The molecule has 1 aromatic heterocycles. The molecular weight excluding hydrogens is 378 g/mol. The molecule has 30 heavy (non-hydrogen) atoms. The first-order chi connectivity index (χ1) is 14.6. The van der Waals surface area contributed by atoms with E-state index >= 15 is 0 Å². The molecule has 0 unspecified atom stereocenters. The van der Waals surface area contributed by atoms with Gasteiger partial charge in [-0.05, 0) is 41.8 Å². The zero-order valence-corrected chi connectivity index (χ0v) is 16.6. The second-order valence-corrected chi connectivity index (χ2v) is 7.94. The third-order valence-corrected chi connectivity index (χ3v) is 5.89. The van der Waals surface area contributed by atoms with Gasteiger partial charge < -0.3 is 20.1 Å². The second-order valence-electron chi connectivity index (χ2n) is 7.94. The van der Waals surface area contributed by atoms with Crippen molar-refractivity contribution >= 4 is 28.9 Å². The van der Waals surface area contributed by atoms with Crippen molar-refractivity contribution < 1.29 is 9.59 Å². The normalized spacial score (nSPS) is 18.1. The molecule has 0 saturated carbocycles. The monoisotopic (exact) mass is 401 g/mol. The predicted octanol–water partition coefficient (Wildman–Crippen LogP) is 2.46. The van der Waals surface area contributed by atoms with Crippen LogP contribution in [0.3, 0.4) is 0 Å². The van der Waals surface area contributed by atoms with Gasteiger partial charge in [0.05, 0.1) is 12.2 Å². The van der Waals surface area contributed by atoms with Gasteiger partial charge in [0.1, 0.15) is 0 Å². The maximum atomic E-state index is 13.3. The van der Waals surface area contributed by atoms with Crippen LogP contribution in [0.1, 0.15) is 17.5 Å². The highest BCUT2D eigenvalue weighted by Crippen LogP contribution is 2.33. The van der Waals surface area contributed by atoms with Crippen molar-refractivity contribution in [3.8, 4) is 0 Å². The van der Waals surface area contributed by atoms with Crippen LogP contribution in [-0.4, -0.2) is 34.5 Å². The molecule has 7 heteroatoms. The molecule has 2 aromatic carbocycles. The summed E-state index contributed by atoms with van der Waals surface area (Å²) in [6.45, 7) is 1.81. The zero-order chi connectivity index (χ0) is 20.7. The third-order valence-electron chi connectivity index (χ3n) is 5.89. The van der Waals surface area contributed by atoms with Crippen LogP contribution in [0, 0.1) is 5.92 Å². The number of imidazole rings is 1. The number of nitrogen functional groups attached to an aromatic ring is 1. The molecule has 152 valence electrons. The Bertz CT molecular complexity index is 1110. The third kappa shape index (κ3) is 3.32. The summed E-state index contributed by atoms with van der Waals surface area (Å²) in [5, 5.41) is 0. The van der Waals surface area contributed by atoms with Gasteiger partial charge in [0, 0.05) is 55.5 Å². The van der Waals surface area contributed by atoms with Crippen LogP contribution in [0.25, 0.3) is 0 Å². The van der Waals surface area contributed by atoms with Gasteiger partial charge in [-0.2, -0.15) is 0 Å². The molecular formula is C23H23N5O2. The Kier molecular flexibility index (Phi) is 4.50. The Morgan fingerprint density at radius 3 is 2.90 bits per heavy atom. The van der Waals surface area contributed by atoms with E-state index in [9.17, 15) is 9.59 Å². The van der Waals surface area contributed by atoms with E-state index in [1.54, 1.807) is 29.6 Å². The first-order valence-electron chi connectivity index (χ1n) is 10.1. The number of fused-ring (bicyclic) bond motifs is 1. The van der Waals surface area contributed by atoms with Crippen molar-refractivity contribution in [1.82, 2.24) is 9.55 Å². The van der Waals surface area contributed by atoms with Gasteiger partial charge in [-0.25, -0.2) is 4.98 Å². The molecule has 0 radical (unpaired) electrons. The molecule has 0 spiro atoms. The number of aromatic nitrogens is 2. The van der Waals surface area contributed by atoms with Crippen molar-refractivity contribution in [2.45, 2.75) is 19.4 Å². The summed E-state index contributed by atoms with van der Waals surface area (Å²) in [5.41, 5.74) is 10.5. The highest BCUT2D eigenvalue weighted by atomic mass is 16.2. The predicted molar refractivity (Wildman–Crippen MR) is 115 cm³/mol.